The molecule has 0 bridgehead atoms. The van der Waals surface area contributed by atoms with Crippen molar-refractivity contribution in [2.75, 3.05) is 0 Å². The number of carbonyl (C=O) groups excluding carboxylic acids is 1. The van der Waals surface area contributed by atoms with Crippen LogP contribution in [0.4, 0.5) is 4.39 Å². The van der Waals surface area contributed by atoms with E-state index in [1.165, 1.54) is 18.2 Å². The van der Waals surface area contributed by atoms with E-state index in [4.69, 9.17) is 5.73 Å². The Morgan fingerprint density at radius 2 is 2.35 bits per heavy atom. The van der Waals surface area contributed by atoms with Gasteiger partial charge in [-0.1, -0.05) is 6.08 Å². The van der Waals surface area contributed by atoms with Gasteiger partial charge in [0.05, 0.1) is 0 Å². The summed E-state index contributed by atoms with van der Waals surface area (Å²) in [4.78, 5) is 11.0. The first-order chi connectivity index (χ1) is 8.04. The van der Waals surface area contributed by atoms with Crippen molar-refractivity contribution in [3.63, 3.8) is 0 Å². The van der Waals surface area contributed by atoms with Crippen LogP contribution in [0.1, 0.15) is 29.3 Å². The van der Waals surface area contributed by atoms with Crippen molar-refractivity contribution in [2.24, 2.45) is 5.73 Å². The minimum absolute atomic E-state index is 0.212. The third-order valence-electron chi connectivity index (χ3n) is 2.49. The smallest absolute Gasteiger partial charge is 0.248 e. The fraction of sp³-hybridized carbons (Fsp3) is 0.308. The maximum Gasteiger partial charge on any atom is 0.248 e. The van der Waals surface area contributed by atoms with E-state index in [0.717, 1.165) is 6.42 Å². The summed E-state index contributed by atoms with van der Waals surface area (Å²) in [7, 11) is 0. The topological polar surface area (TPSA) is 55.1 Å². The minimum atomic E-state index is -0.551. The Balaban J connectivity index is 2.72. The average molecular weight is 236 g/mol. The Hall–Kier alpha value is -1.68. The van der Waals surface area contributed by atoms with Gasteiger partial charge in [0.25, 0.3) is 0 Å². The van der Waals surface area contributed by atoms with Crippen LogP contribution in [0.2, 0.25) is 0 Å². The highest BCUT2D eigenvalue weighted by molar-refractivity contribution is 5.92. The molecule has 4 heteroatoms. The van der Waals surface area contributed by atoms with Crippen molar-refractivity contribution in [2.45, 2.75) is 25.9 Å². The number of hydrogen-bond donors (Lipinski definition) is 2. The monoisotopic (exact) mass is 236 g/mol. The molecule has 3 N–H and O–H groups in total. The summed E-state index contributed by atoms with van der Waals surface area (Å²) in [6.07, 6.45) is 2.60. The average Bonchev–Trinajstić information content (AvgIpc) is 2.28. The quantitative estimate of drug-likeness (QED) is 0.742. The zero-order chi connectivity index (χ0) is 12.8. The second-order valence-electron chi connectivity index (χ2n) is 3.98. The molecule has 1 unspecified atom stereocenters. The van der Waals surface area contributed by atoms with Gasteiger partial charge in [0, 0.05) is 23.7 Å². The molecule has 0 heterocycles. The molecule has 0 aromatic heterocycles. The van der Waals surface area contributed by atoms with Crippen LogP contribution < -0.4 is 11.1 Å². The lowest BCUT2D eigenvalue weighted by molar-refractivity contribution is 0.1000. The Bertz CT molecular complexity index is 418. The van der Waals surface area contributed by atoms with E-state index >= 15 is 0 Å². The van der Waals surface area contributed by atoms with Crippen LogP contribution in [0.25, 0.3) is 0 Å². The predicted octanol–water partition coefficient (Wildman–Crippen LogP) is 1.98. The van der Waals surface area contributed by atoms with Gasteiger partial charge in [0.1, 0.15) is 5.82 Å². The normalized spacial score (nSPS) is 12.1. The highest BCUT2D eigenvalue weighted by Crippen LogP contribution is 2.10. The van der Waals surface area contributed by atoms with Gasteiger partial charge in [-0.2, -0.15) is 0 Å². The highest BCUT2D eigenvalue weighted by Gasteiger charge is 2.08. The SMILES string of the molecule is C=CCC(C)NCc1cc(C(N)=O)ccc1F. The summed E-state index contributed by atoms with van der Waals surface area (Å²) in [5.74, 6) is -0.890. The lowest BCUT2D eigenvalue weighted by Gasteiger charge is -2.12. The fourth-order valence-electron chi connectivity index (χ4n) is 1.48. The third kappa shape index (κ3) is 4.00. The minimum Gasteiger partial charge on any atom is -0.366 e. The van der Waals surface area contributed by atoms with Crippen molar-refractivity contribution in [3.8, 4) is 0 Å². The molecule has 0 aliphatic carbocycles. The third-order valence-corrected chi connectivity index (χ3v) is 2.49. The highest BCUT2D eigenvalue weighted by atomic mass is 19.1. The Morgan fingerprint density at radius 3 is 2.94 bits per heavy atom. The number of rotatable bonds is 6. The number of primary amides is 1. The first kappa shape index (κ1) is 13.4. The van der Waals surface area contributed by atoms with Gasteiger partial charge in [-0.15, -0.1) is 6.58 Å². The van der Waals surface area contributed by atoms with Crippen molar-refractivity contribution >= 4 is 5.91 Å². The van der Waals surface area contributed by atoms with Crippen LogP contribution in [0.3, 0.4) is 0 Å². The van der Waals surface area contributed by atoms with Gasteiger partial charge in [0.15, 0.2) is 0 Å². The van der Waals surface area contributed by atoms with Crippen molar-refractivity contribution in [3.05, 3.63) is 47.8 Å². The molecule has 1 aromatic carbocycles. The molecule has 1 amide bonds. The van der Waals surface area contributed by atoms with Crippen LogP contribution in [0.15, 0.2) is 30.9 Å². The second-order valence-corrected chi connectivity index (χ2v) is 3.98. The van der Waals surface area contributed by atoms with E-state index < -0.39 is 5.91 Å². The molecular formula is C13H17FN2O. The van der Waals surface area contributed by atoms with Crippen molar-refractivity contribution in [1.29, 1.82) is 0 Å². The van der Waals surface area contributed by atoms with E-state index in [-0.39, 0.29) is 11.9 Å². The zero-order valence-electron chi connectivity index (χ0n) is 9.87. The zero-order valence-corrected chi connectivity index (χ0v) is 9.87. The van der Waals surface area contributed by atoms with Crippen LogP contribution >= 0.6 is 0 Å². The summed E-state index contributed by atoms with van der Waals surface area (Å²) in [6.45, 7) is 5.98. The molecule has 17 heavy (non-hydrogen) atoms. The lowest BCUT2D eigenvalue weighted by atomic mass is 10.1. The maximum absolute atomic E-state index is 13.5. The maximum atomic E-state index is 13.5. The van der Waals surface area contributed by atoms with Gasteiger partial charge in [-0.25, -0.2) is 4.39 Å². The van der Waals surface area contributed by atoms with E-state index in [0.29, 0.717) is 17.7 Å². The van der Waals surface area contributed by atoms with E-state index in [1.807, 2.05) is 6.92 Å². The first-order valence-corrected chi connectivity index (χ1v) is 5.47. The van der Waals surface area contributed by atoms with Crippen LogP contribution in [-0.2, 0) is 6.54 Å². The molecule has 1 aromatic rings. The molecule has 0 saturated carbocycles. The molecule has 0 spiro atoms. The summed E-state index contributed by atoms with van der Waals surface area (Å²) in [6, 6.07) is 4.33. The fourth-order valence-corrected chi connectivity index (χ4v) is 1.48. The first-order valence-electron chi connectivity index (χ1n) is 5.47. The summed E-state index contributed by atoms with van der Waals surface area (Å²) in [5, 5.41) is 3.14. The number of carbonyl (C=O) groups is 1. The van der Waals surface area contributed by atoms with Crippen molar-refractivity contribution in [1.82, 2.24) is 5.32 Å². The van der Waals surface area contributed by atoms with Gasteiger partial charge in [0.2, 0.25) is 5.91 Å². The number of benzene rings is 1. The Kier molecular flexibility index (Phi) is 4.84. The molecule has 0 aliphatic rings. The van der Waals surface area contributed by atoms with Gasteiger partial charge < -0.3 is 11.1 Å². The molecular weight excluding hydrogens is 219 g/mol. The largest absolute Gasteiger partial charge is 0.366 e. The molecule has 1 rings (SSSR count). The van der Waals surface area contributed by atoms with E-state index in [9.17, 15) is 9.18 Å². The van der Waals surface area contributed by atoms with Crippen LogP contribution in [0.5, 0.6) is 0 Å². The van der Waals surface area contributed by atoms with Crippen molar-refractivity contribution < 1.29 is 9.18 Å². The van der Waals surface area contributed by atoms with Gasteiger partial charge in [-0.3, -0.25) is 4.79 Å². The Morgan fingerprint density at radius 1 is 1.65 bits per heavy atom. The van der Waals surface area contributed by atoms with Crippen LogP contribution in [0, 0.1) is 5.82 Å². The molecule has 3 nitrogen and oxygen atoms in total. The molecule has 0 radical (unpaired) electrons. The second kappa shape index (κ2) is 6.15. The molecule has 92 valence electrons. The summed E-state index contributed by atoms with van der Waals surface area (Å²) >= 11 is 0. The predicted molar refractivity (Wildman–Crippen MR) is 66.0 cm³/mol. The summed E-state index contributed by atoms with van der Waals surface area (Å²) < 4.78 is 13.5. The molecule has 1 atom stereocenters. The molecule has 0 saturated heterocycles. The number of nitrogens with one attached hydrogen (secondary N) is 1. The number of halogens is 1. The number of nitrogens with two attached hydrogens (primary N) is 1. The molecule has 0 aliphatic heterocycles. The number of hydrogen-bond acceptors (Lipinski definition) is 2. The van der Waals surface area contributed by atoms with E-state index in [2.05, 4.69) is 11.9 Å². The number of amides is 1. The Labute approximate surface area is 101 Å². The van der Waals surface area contributed by atoms with Crippen LogP contribution in [-0.4, -0.2) is 11.9 Å². The molecule has 0 fully saturated rings. The standard InChI is InChI=1S/C13H17FN2O/c1-3-4-9(2)16-8-11-7-10(13(15)17)5-6-12(11)14/h3,5-7,9,16H,1,4,8H2,2H3,(H2,15,17). The van der Waals surface area contributed by atoms with Gasteiger partial charge in [-0.05, 0) is 31.5 Å². The lowest BCUT2D eigenvalue weighted by Crippen LogP contribution is -2.25. The van der Waals surface area contributed by atoms with E-state index in [1.54, 1.807) is 6.08 Å². The van der Waals surface area contributed by atoms with Gasteiger partial charge >= 0.3 is 0 Å². The summed E-state index contributed by atoms with van der Waals surface area (Å²) in [5.41, 5.74) is 5.90.